The minimum absolute atomic E-state index is 0.530. The number of nitrogens with one attached hydrogen (secondary N) is 1. The predicted octanol–water partition coefficient (Wildman–Crippen LogP) is 1.92. The SMILES string of the molecule is CCNc1cc(COC)nc(CSC)n1. The van der Waals surface area contributed by atoms with Crippen LogP contribution >= 0.6 is 11.8 Å². The molecule has 0 amide bonds. The van der Waals surface area contributed by atoms with Gasteiger partial charge in [-0.15, -0.1) is 0 Å². The lowest BCUT2D eigenvalue weighted by molar-refractivity contribution is 0.181. The number of anilines is 1. The van der Waals surface area contributed by atoms with Crippen molar-refractivity contribution < 1.29 is 4.74 Å². The van der Waals surface area contributed by atoms with Crippen LogP contribution in [0.5, 0.6) is 0 Å². The van der Waals surface area contributed by atoms with Gasteiger partial charge in [0.05, 0.1) is 18.1 Å². The molecule has 84 valence electrons. The molecule has 0 saturated carbocycles. The fourth-order valence-electron chi connectivity index (χ4n) is 1.24. The molecule has 0 aromatic carbocycles. The zero-order chi connectivity index (χ0) is 11.1. The van der Waals surface area contributed by atoms with Gasteiger partial charge in [0.15, 0.2) is 0 Å². The first kappa shape index (κ1) is 12.3. The molecule has 15 heavy (non-hydrogen) atoms. The topological polar surface area (TPSA) is 47.0 Å². The van der Waals surface area contributed by atoms with Crippen LogP contribution in [0.2, 0.25) is 0 Å². The molecule has 0 bridgehead atoms. The number of aromatic nitrogens is 2. The quantitative estimate of drug-likeness (QED) is 0.804. The van der Waals surface area contributed by atoms with Gasteiger partial charge in [-0.25, -0.2) is 9.97 Å². The predicted molar refractivity (Wildman–Crippen MR) is 64.1 cm³/mol. The van der Waals surface area contributed by atoms with Crippen LogP contribution in [0.1, 0.15) is 18.4 Å². The largest absolute Gasteiger partial charge is 0.378 e. The van der Waals surface area contributed by atoms with Crippen molar-refractivity contribution in [1.82, 2.24) is 9.97 Å². The number of ether oxygens (including phenoxy) is 1. The molecule has 0 aliphatic carbocycles. The van der Waals surface area contributed by atoms with E-state index in [0.717, 1.165) is 29.6 Å². The third-order valence-corrected chi connectivity index (χ3v) is 2.30. The minimum Gasteiger partial charge on any atom is -0.378 e. The van der Waals surface area contributed by atoms with Gasteiger partial charge in [0.2, 0.25) is 0 Å². The third kappa shape index (κ3) is 4.05. The molecular formula is C10H17N3OS. The maximum Gasteiger partial charge on any atom is 0.140 e. The van der Waals surface area contributed by atoms with E-state index in [4.69, 9.17) is 4.74 Å². The van der Waals surface area contributed by atoms with Crippen LogP contribution in [0.4, 0.5) is 5.82 Å². The summed E-state index contributed by atoms with van der Waals surface area (Å²) in [6.45, 7) is 3.44. The molecule has 0 atom stereocenters. The monoisotopic (exact) mass is 227 g/mol. The van der Waals surface area contributed by atoms with Gasteiger partial charge in [-0.05, 0) is 13.2 Å². The van der Waals surface area contributed by atoms with Crippen LogP contribution in [0, 0.1) is 0 Å². The van der Waals surface area contributed by atoms with Crippen molar-refractivity contribution >= 4 is 17.6 Å². The Hall–Kier alpha value is -0.810. The van der Waals surface area contributed by atoms with E-state index in [-0.39, 0.29) is 0 Å². The van der Waals surface area contributed by atoms with Gasteiger partial charge >= 0.3 is 0 Å². The summed E-state index contributed by atoms with van der Waals surface area (Å²) < 4.78 is 5.07. The maximum atomic E-state index is 5.07. The summed E-state index contributed by atoms with van der Waals surface area (Å²) in [6, 6.07) is 1.93. The molecule has 0 fully saturated rings. The Balaban J connectivity index is 2.86. The molecule has 1 aromatic rings. The van der Waals surface area contributed by atoms with E-state index in [1.165, 1.54) is 0 Å². The molecule has 0 aliphatic rings. The lowest BCUT2D eigenvalue weighted by Gasteiger charge is -2.07. The number of rotatable bonds is 6. The maximum absolute atomic E-state index is 5.07. The van der Waals surface area contributed by atoms with E-state index in [1.54, 1.807) is 18.9 Å². The highest BCUT2D eigenvalue weighted by atomic mass is 32.2. The van der Waals surface area contributed by atoms with Gasteiger partial charge in [-0.1, -0.05) is 0 Å². The summed E-state index contributed by atoms with van der Waals surface area (Å²) in [6.07, 6.45) is 2.04. The van der Waals surface area contributed by atoms with Crippen molar-refractivity contribution in [2.75, 3.05) is 25.2 Å². The van der Waals surface area contributed by atoms with Crippen molar-refractivity contribution in [3.8, 4) is 0 Å². The second kappa shape index (κ2) is 6.63. The average Bonchev–Trinajstić information content (AvgIpc) is 2.19. The molecule has 1 rings (SSSR count). The first-order valence-corrected chi connectivity index (χ1v) is 6.28. The van der Waals surface area contributed by atoms with E-state index in [9.17, 15) is 0 Å². The first-order valence-electron chi connectivity index (χ1n) is 4.88. The Kier molecular flexibility index (Phi) is 5.42. The lowest BCUT2D eigenvalue weighted by atomic mass is 10.4. The summed E-state index contributed by atoms with van der Waals surface area (Å²) in [4.78, 5) is 8.79. The van der Waals surface area contributed by atoms with Gasteiger partial charge in [-0.3, -0.25) is 0 Å². The van der Waals surface area contributed by atoms with Crippen LogP contribution in [0.25, 0.3) is 0 Å². The molecule has 5 heteroatoms. The average molecular weight is 227 g/mol. The standard InChI is InChI=1S/C10H17N3OS/c1-4-11-9-5-8(6-14-2)12-10(13-9)7-15-3/h5H,4,6-7H2,1-3H3,(H,11,12,13). The van der Waals surface area contributed by atoms with Crippen LogP contribution in [-0.4, -0.2) is 29.9 Å². The van der Waals surface area contributed by atoms with Crippen LogP contribution < -0.4 is 5.32 Å². The van der Waals surface area contributed by atoms with Crippen LogP contribution in [-0.2, 0) is 17.1 Å². The highest BCUT2D eigenvalue weighted by Crippen LogP contribution is 2.11. The van der Waals surface area contributed by atoms with Crippen LogP contribution in [0.15, 0.2) is 6.07 Å². The Morgan fingerprint density at radius 2 is 2.27 bits per heavy atom. The highest BCUT2D eigenvalue weighted by Gasteiger charge is 2.03. The van der Waals surface area contributed by atoms with Gasteiger partial charge in [0, 0.05) is 19.7 Å². The fourth-order valence-corrected chi connectivity index (χ4v) is 1.63. The van der Waals surface area contributed by atoms with Crippen LogP contribution in [0.3, 0.4) is 0 Å². The van der Waals surface area contributed by atoms with E-state index in [0.29, 0.717) is 6.61 Å². The summed E-state index contributed by atoms with van der Waals surface area (Å²) in [5, 5.41) is 3.19. The first-order chi connectivity index (χ1) is 7.30. The summed E-state index contributed by atoms with van der Waals surface area (Å²) in [5.74, 6) is 2.56. The third-order valence-electron chi connectivity index (χ3n) is 1.75. The molecule has 0 spiro atoms. The number of thioether (sulfide) groups is 1. The summed E-state index contributed by atoms with van der Waals surface area (Å²) >= 11 is 1.71. The number of nitrogens with zero attached hydrogens (tertiary/aromatic N) is 2. The van der Waals surface area contributed by atoms with E-state index >= 15 is 0 Å². The number of hydrogen-bond donors (Lipinski definition) is 1. The van der Waals surface area contributed by atoms with Crippen molar-refractivity contribution in [1.29, 1.82) is 0 Å². The highest BCUT2D eigenvalue weighted by molar-refractivity contribution is 7.97. The Bertz CT molecular complexity index is 247. The Labute approximate surface area is 94.8 Å². The Morgan fingerprint density at radius 3 is 2.87 bits per heavy atom. The van der Waals surface area contributed by atoms with Crippen molar-refractivity contribution in [3.05, 3.63) is 17.6 Å². The van der Waals surface area contributed by atoms with Gasteiger partial charge in [0.25, 0.3) is 0 Å². The summed E-state index contributed by atoms with van der Waals surface area (Å²) in [7, 11) is 1.67. The van der Waals surface area contributed by atoms with Crippen molar-refractivity contribution in [3.63, 3.8) is 0 Å². The molecule has 0 radical (unpaired) electrons. The van der Waals surface area contributed by atoms with Gasteiger partial charge in [-0.2, -0.15) is 11.8 Å². The fraction of sp³-hybridized carbons (Fsp3) is 0.600. The molecule has 0 aliphatic heterocycles. The molecular weight excluding hydrogens is 210 g/mol. The van der Waals surface area contributed by atoms with Gasteiger partial charge in [0.1, 0.15) is 11.6 Å². The van der Waals surface area contributed by atoms with Crippen molar-refractivity contribution in [2.45, 2.75) is 19.3 Å². The molecule has 0 unspecified atom stereocenters. The lowest BCUT2D eigenvalue weighted by Crippen LogP contribution is -2.06. The molecule has 4 nitrogen and oxygen atoms in total. The zero-order valence-electron chi connectivity index (χ0n) is 9.41. The second-order valence-electron chi connectivity index (χ2n) is 3.06. The molecule has 1 aromatic heterocycles. The van der Waals surface area contributed by atoms with E-state index < -0.39 is 0 Å². The Morgan fingerprint density at radius 1 is 1.47 bits per heavy atom. The number of methoxy groups -OCH3 is 1. The van der Waals surface area contributed by atoms with E-state index in [2.05, 4.69) is 15.3 Å². The second-order valence-corrected chi connectivity index (χ2v) is 3.92. The summed E-state index contributed by atoms with van der Waals surface area (Å²) in [5.41, 5.74) is 0.924. The minimum atomic E-state index is 0.530. The number of hydrogen-bond acceptors (Lipinski definition) is 5. The molecule has 0 saturated heterocycles. The van der Waals surface area contributed by atoms with E-state index in [1.807, 2.05) is 19.2 Å². The van der Waals surface area contributed by atoms with Gasteiger partial charge < -0.3 is 10.1 Å². The molecule has 1 heterocycles. The smallest absolute Gasteiger partial charge is 0.140 e. The van der Waals surface area contributed by atoms with Crippen molar-refractivity contribution in [2.24, 2.45) is 0 Å². The normalized spacial score (nSPS) is 10.3. The molecule has 1 N–H and O–H groups in total. The zero-order valence-corrected chi connectivity index (χ0v) is 10.2.